The van der Waals surface area contributed by atoms with Crippen molar-refractivity contribution in [2.45, 2.75) is 19.6 Å². The van der Waals surface area contributed by atoms with Crippen LogP contribution in [0.2, 0.25) is 0 Å². The summed E-state index contributed by atoms with van der Waals surface area (Å²) in [5.41, 5.74) is 2.26. The Morgan fingerprint density at radius 1 is 1.04 bits per heavy atom. The van der Waals surface area contributed by atoms with Gasteiger partial charge in [-0.2, -0.15) is 0 Å². The van der Waals surface area contributed by atoms with Gasteiger partial charge >= 0.3 is 0 Å². The Morgan fingerprint density at radius 2 is 1.74 bits per heavy atom. The summed E-state index contributed by atoms with van der Waals surface area (Å²) < 4.78 is 5.70. The second kappa shape index (κ2) is 9.30. The molecule has 0 saturated heterocycles. The molecule has 0 radical (unpaired) electrons. The summed E-state index contributed by atoms with van der Waals surface area (Å²) in [6.45, 7) is 4.28. The zero-order valence-corrected chi connectivity index (χ0v) is 13.6. The molecule has 0 bridgehead atoms. The lowest BCUT2D eigenvalue weighted by Crippen LogP contribution is -3.12. The molecule has 0 aliphatic rings. The molecule has 0 heterocycles. The van der Waals surface area contributed by atoms with Crippen LogP contribution in [0.3, 0.4) is 0 Å². The average Bonchev–Trinajstić information content (AvgIpc) is 2.55. The molecule has 0 aromatic heterocycles. The summed E-state index contributed by atoms with van der Waals surface area (Å²) in [6.07, 6.45) is -0.570. The number of para-hydroxylation sites is 1. The molecular weight excluding hydrogens is 290 g/mol. The lowest BCUT2D eigenvalue weighted by molar-refractivity contribution is -0.917. The second-order valence-electron chi connectivity index (χ2n) is 5.82. The average molecular weight is 316 g/mol. The van der Waals surface area contributed by atoms with Crippen molar-refractivity contribution < 1.29 is 19.8 Å². The highest BCUT2D eigenvalue weighted by Crippen LogP contribution is 2.16. The van der Waals surface area contributed by atoms with Gasteiger partial charge in [0.1, 0.15) is 38.1 Å². The van der Waals surface area contributed by atoms with Crippen molar-refractivity contribution in [3.05, 3.63) is 65.7 Å². The molecule has 0 aliphatic carbocycles. The molecule has 2 atom stereocenters. The van der Waals surface area contributed by atoms with E-state index < -0.39 is 6.10 Å². The molecule has 4 nitrogen and oxygen atoms in total. The Kier molecular flexibility index (Phi) is 7.07. The van der Waals surface area contributed by atoms with E-state index in [0.29, 0.717) is 13.1 Å². The fraction of sp³-hybridized carbons (Fsp3) is 0.368. The van der Waals surface area contributed by atoms with Crippen LogP contribution in [-0.2, 0) is 6.54 Å². The molecule has 2 aromatic rings. The van der Waals surface area contributed by atoms with Crippen molar-refractivity contribution in [2.24, 2.45) is 0 Å². The van der Waals surface area contributed by atoms with Gasteiger partial charge in [-0.25, -0.2) is 0 Å². The smallest absolute Gasteiger partial charge is 0.137 e. The minimum Gasteiger partial charge on any atom is -0.490 e. The SMILES string of the molecule is Cc1ccccc1OC[C@H](O)C[NH+](CCO)Cc1ccccc1. The Morgan fingerprint density at radius 3 is 2.43 bits per heavy atom. The van der Waals surface area contributed by atoms with Crippen LogP contribution in [0.1, 0.15) is 11.1 Å². The number of aliphatic hydroxyl groups is 2. The van der Waals surface area contributed by atoms with Crippen LogP contribution in [0.25, 0.3) is 0 Å². The standard InChI is InChI=1S/C19H25NO3/c1-16-7-5-6-10-19(16)23-15-18(22)14-20(11-12-21)13-17-8-3-2-4-9-17/h2-10,18,21-22H,11-15H2,1H3/p+1/t18-/m1/s1. The fourth-order valence-electron chi connectivity index (χ4n) is 2.60. The van der Waals surface area contributed by atoms with E-state index in [0.717, 1.165) is 22.8 Å². The molecule has 1 unspecified atom stereocenters. The summed E-state index contributed by atoms with van der Waals surface area (Å²) in [7, 11) is 0. The number of ether oxygens (including phenoxy) is 1. The maximum Gasteiger partial charge on any atom is 0.137 e. The van der Waals surface area contributed by atoms with E-state index in [1.54, 1.807) is 0 Å². The summed E-state index contributed by atoms with van der Waals surface area (Å²) in [5, 5.41) is 19.5. The predicted octanol–water partition coefficient (Wildman–Crippen LogP) is 0.812. The van der Waals surface area contributed by atoms with E-state index >= 15 is 0 Å². The summed E-state index contributed by atoms with van der Waals surface area (Å²) in [5.74, 6) is 0.804. The molecule has 0 spiro atoms. The zero-order valence-electron chi connectivity index (χ0n) is 13.6. The van der Waals surface area contributed by atoms with Gasteiger partial charge in [-0.1, -0.05) is 48.5 Å². The molecule has 0 fully saturated rings. The van der Waals surface area contributed by atoms with E-state index in [1.165, 1.54) is 5.56 Å². The number of hydrogen-bond acceptors (Lipinski definition) is 3. The largest absolute Gasteiger partial charge is 0.490 e. The Labute approximate surface area is 138 Å². The first-order valence-electron chi connectivity index (χ1n) is 8.04. The number of quaternary nitrogens is 1. The second-order valence-corrected chi connectivity index (χ2v) is 5.82. The predicted molar refractivity (Wildman–Crippen MR) is 90.6 cm³/mol. The Bertz CT molecular complexity index is 574. The van der Waals surface area contributed by atoms with Crippen LogP contribution in [0, 0.1) is 6.92 Å². The van der Waals surface area contributed by atoms with Crippen LogP contribution in [-0.4, -0.2) is 42.6 Å². The summed E-state index contributed by atoms with van der Waals surface area (Å²) >= 11 is 0. The molecule has 23 heavy (non-hydrogen) atoms. The van der Waals surface area contributed by atoms with Crippen molar-refractivity contribution >= 4 is 0 Å². The highest BCUT2D eigenvalue weighted by Gasteiger charge is 2.16. The topological polar surface area (TPSA) is 54.1 Å². The number of hydrogen-bond donors (Lipinski definition) is 3. The van der Waals surface area contributed by atoms with Gasteiger partial charge in [-0.15, -0.1) is 0 Å². The molecular formula is C19H26NO3+. The van der Waals surface area contributed by atoms with Crippen LogP contribution in [0.5, 0.6) is 5.75 Å². The lowest BCUT2D eigenvalue weighted by Gasteiger charge is -2.22. The van der Waals surface area contributed by atoms with E-state index in [4.69, 9.17) is 4.74 Å². The van der Waals surface area contributed by atoms with E-state index in [2.05, 4.69) is 12.1 Å². The summed E-state index contributed by atoms with van der Waals surface area (Å²) in [6, 6.07) is 17.9. The number of rotatable bonds is 9. The normalized spacial score (nSPS) is 13.5. The first-order chi connectivity index (χ1) is 11.2. The lowest BCUT2D eigenvalue weighted by atomic mass is 10.2. The molecule has 124 valence electrons. The molecule has 2 rings (SSSR count). The van der Waals surface area contributed by atoms with E-state index in [1.807, 2.05) is 49.4 Å². The van der Waals surface area contributed by atoms with Gasteiger partial charge in [0.2, 0.25) is 0 Å². The Balaban J connectivity index is 1.85. The van der Waals surface area contributed by atoms with Gasteiger partial charge in [-0.3, -0.25) is 0 Å². The third-order valence-corrected chi connectivity index (χ3v) is 3.81. The molecule has 3 N–H and O–H groups in total. The molecule has 0 saturated carbocycles. The minimum atomic E-state index is -0.570. The molecule has 0 amide bonds. The van der Waals surface area contributed by atoms with Crippen molar-refractivity contribution in [1.82, 2.24) is 0 Å². The van der Waals surface area contributed by atoms with Gasteiger partial charge in [0.25, 0.3) is 0 Å². The number of aryl methyl sites for hydroxylation is 1. The van der Waals surface area contributed by atoms with Crippen LogP contribution >= 0.6 is 0 Å². The molecule has 4 heteroatoms. The van der Waals surface area contributed by atoms with Gasteiger partial charge in [-0.05, 0) is 18.6 Å². The van der Waals surface area contributed by atoms with Crippen molar-refractivity contribution in [3.8, 4) is 5.75 Å². The van der Waals surface area contributed by atoms with Crippen LogP contribution < -0.4 is 9.64 Å². The summed E-state index contributed by atoms with van der Waals surface area (Å²) in [4.78, 5) is 1.14. The van der Waals surface area contributed by atoms with Crippen molar-refractivity contribution in [2.75, 3.05) is 26.3 Å². The van der Waals surface area contributed by atoms with Gasteiger partial charge in [0.05, 0.1) is 6.61 Å². The van der Waals surface area contributed by atoms with Gasteiger partial charge < -0.3 is 19.8 Å². The monoisotopic (exact) mass is 316 g/mol. The number of aliphatic hydroxyl groups excluding tert-OH is 2. The minimum absolute atomic E-state index is 0.105. The third kappa shape index (κ3) is 6.02. The molecule has 0 aliphatic heterocycles. The van der Waals surface area contributed by atoms with Gasteiger partial charge in [0, 0.05) is 5.56 Å². The van der Waals surface area contributed by atoms with Crippen LogP contribution in [0.15, 0.2) is 54.6 Å². The van der Waals surface area contributed by atoms with E-state index in [-0.39, 0.29) is 13.2 Å². The third-order valence-electron chi connectivity index (χ3n) is 3.81. The maximum absolute atomic E-state index is 10.2. The maximum atomic E-state index is 10.2. The van der Waals surface area contributed by atoms with Gasteiger partial charge in [0.15, 0.2) is 0 Å². The molecule has 2 aromatic carbocycles. The quantitative estimate of drug-likeness (QED) is 0.642. The van der Waals surface area contributed by atoms with E-state index in [9.17, 15) is 10.2 Å². The first-order valence-corrected chi connectivity index (χ1v) is 8.04. The fourth-order valence-corrected chi connectivity index (χ4v) is 2.60. The zero-order chi connectivity index (χ0) is 16.5. The Hall–Kier alpha value is -1.88. The highest BCUT2D eigenvalue weighted by molar-refractivity contribution is 5.31. The first kappa shape index (κ1) is 17.5. The number of benzene rings is 2. The van der Waals surface area contributed by atoms with Crippen molar-refractivity contribution in [3.63, 3.8) is 0 Å². The van der Waals surface area contributed by atoms with Crippen LogP contribution in [0.4, 0.5) is 0 Å². The highest BCUT2D eigenvalue weighted by atomic mass is 16.5. The van der Waals surface area contributed by atoms with Crippen molar-refractivity contribution in [1.29, 1.82) is 0 Å². The number of nitrogens with one attached hydrogen (secondary N) is 1.